The van der Waals surface area contributed by atoms with Gasteiger partial charge >= 0.3 is 0 Å². The molecule has 120 valence electrons. The van der Waals surface area contributed by atoms with Crippen LogP contribution in [0.2, 0.25) is 0 Å². The van der Waals surface area contributed by atoms with Crippen LogP contribution in [0.5, 0.6) is 5.75 Å². The summed E-state index contributed by atoms with van der Waals surface area (Å²) in [6.45, 7) is 4.85. The summed E-state index contributed by atoms with van der Waals surface area (Å²) in [7, 11) is 0. The van der Waals surface area contributed by atoms with E-state index in [4.69, 9.17) is 0 Å². The lowest BCUT2D eigenvalue weighted by Gasteiger charge is -2.39. The monoisotopic (exact) mass is 374 g/mol. The van der Waals surface area contributed by atoms with Crippen LogP contribution in [0.1, 0.15) is 35.9 Å². The van der Waals surface area contributed by atoms with E-state index in [1.807, 2.05) is 41.3 Å². The molecule has 2 aromatic rings. The molecule has 4 nitrogen and oxygen atoms in total. The van der Waals surface area contributed by atoms with Crippen LogP contribution >= 0.6 is 15.9 Å². The Morgan fingerprint density at radius 3 is 2.70 bits per heavy atom. The second-order valence-electron chi connectivity index (χ2n) is 6.15. The van der Waals surface area contributed by atoms with E-state index in [0.29, 0.717) is 22.5 Å². The van der Waals surface area contributed by atoms with Gasteiger partial charge in [-0.25, -0.2) is 0 Å². The molecule has 1 heterocycles. The van der Waals surface area contributed by atoms with Crippen LogP contribution in [0.25, 0.3) is 0 Å². The van der Waals surface area contributed by atoms with E-state index in [-0.39, 0.29) is 17.8 Å². The number of fused-ring (bicyclic) bond motifs is 1. The highest BCUT2D eigenvalue weighted by Crippen LogP contribution is 2.35. The third-order valence-corrected chi connectivity index (χ3v) is 4.51. The number of nitrogens with one attached hydrogen (secondary N) is 1. The minimum absolute atomic E-state index is 0.0299. The van der Waals surface area contributed by atoms with Gasteiger partial charge in [-0.3, -0.25) is 4.79 Å². The second-order valence-corrected chi connectivity index (χ2v) is 7.01. The van der Waals surface area contributed by atoms with Crippen LogP contribution in [0.4, 0.5) is 5.69 Å². The number of halogens is 1. The quantitative estimate of drug-likeness (QED) is 0.837. The highest BCUT2D eigenvalue weighted by atomic mass is 79.9. The van der Waals surface area contributed by atoms with Gasteiger partial charge in [0.05, 0.1) is 10.0 Å². The predicted molar refractivity (Wildman–Crippen MR) is 94.5 cm³/mol. The molecule has 3 rings (SSSR count). The van der Waals surface area contributed by atoms with E-state index in [1.165, 1.54) is 0 Å². The van der Waals surface area contributed by atoms with Crippen molar-refractivity contribution in [2.45, 2.75) is 20.0 Å². The number of carbonyl (C=O) groups excluding carboxylic acids is 1. The molecule has 2 aromatic carbocycles. The zero-order chi connectivity index (χ0) is 16.6. The van der Waals surface area contributed by atoms with E-state index in [2.05, 4.69) is 35.1 Å². The number of hydrogen-bond acceptors (Lipinski definition) is 3. The van der Waals surface area contributed by atoms with E-state index >= 15 is 0 Å². The molecule has 0 aromatic heterocycles. The Bertz CT molecular complexity index is 746. The summed E-state index contributed by atoms with van der Waals surface area (Å²) in [5, 5.41) is 13.2. The number of anilines is 1. The number of para-hydroxylation sites is 1. The topological polar surface area (TPSA) is 52.6 Å². The van der Waals surface area contributed by atoms with Crippen LogP contribution < -0.4 is 5.32 Å². The number of benzene rings is 2. The van der Waals surface area contributed by atoms with Crippen molar-refractivity contribution in [1.82, 2.24) is 4.90 Å². The number of aromatic hydroxyl groups is 1. The highest BCUT2D eigenvalue weighted by Gasteiger charge is 2.33. The number of rotatable bonds is 3. The fourth-order valence-electron chi connectivity index (χ4n) is 2.83. The maximum atomic E-state index is 12.9. The maximum Gasteiger partial charge on any atom is 0.257 e. The minimum atomic E-state index is -0.253. The van der Waals surface area contributed by atoms with Crippen molar-refractivity contribution in [3.63, 3.8) is 0 Å². The fraction of sp³-hybridized carbons (Fsp3) is 0.278. The molecule has 0 bridgehead atoms. The van der Waals surface area contributed by atoms with Gasteiger partial charge in [0, 0.05) is 12.2 Å². The normalized spacial score (nSPS) is 17.1. The second kappa shape index (κ2) is 6.24. The van der Waals surface area contributed by atoms with Crippen LogP contribution in [0.3, 0.4) is 0 Å². The average Bonchev–Trinajstić information content (AvgIpc) is 2.52. The summed E-state index contributed by atoms with van der Waals surface area (Å²) in [5.74, 6) is 0.572. The molecule has 23 heavy (non-hydrogen) atoms. The fourth-order valence-corrected chi connectivity index (χ4v) is 3.23. The molecule has 0 radical (unpaired) electrons. The van der Waals surface area contributed by atoms with Crippen molar-refractivity contribution in [1.29, 1.82) is 0 Å². The van der Waals surface area contributed by atoms with Crippen molar-refractivity contribution in [3.05, 3.63) is 58.1 Å². The lowest BCUT2D eigenvalue weighted by Crippen LogP contribution is -2.44. The number of phenolic OH excluding ortho intramolecular Hbond substituents is 1. The standard InChI is InChI=1S/C18H19BrN2O2/c1-11(2)10-21-17(12-7-8-16(22)14(19)9-12)20-15-6-4-3-5-13(15)18(21)23/h3-9,11,17,20,22H,10H2,1-2H3. The Morgan fingerprint density at radius 2 is 2.00 bits per heavy atom. The highest BCUT2D eigenvalue weighted by molar-refractivity contribution is 9.10. The van der Waals surface area contributed by atoms with Gasteiger partial charge in [-0.1, -0.05) is 32.0 Å². The lowest BCUT2D eigenvalue weighted by atomic mass is 10.0. The molecule has 1 aliphatic rings. The summed E-state index contributed by atoms with van der Waals surface area (Å²) < 4.78 is 0.618. The summed E-state index contributed by atoms with van der Waals surface area (Å²) in [6, 6.07) is 12.9. The third-order valence-electron chi connectivity index (χ3n) is 3.87. The first-order valence-corrected chi connectivity index (χ1v) is 8.41. The largest absolute Gasteiger partial charge is 0.507 e. The Balaban J connectivity index is 2.05. The summed E-state index contributed by atoms with van der Waals surface area (Å²) in [4.78, 5) is 14.8. The van der Waals surface area contributed by atoms with Crippen molar-refractivity contribution < 1.29 is 9.90 Å². The minimum Gasteiger partial charge on any atom is -0.507 e. The molecule has 0 aliphatic carbocycles. The summed E-state index contributed by atoms with van der Waals surface area (Å²) in [5.41, 5.74) is 2.46. The summed E-state index contributed by atoms with van der Waals surface area (Å²) >= 11 is 3.35. The smallest absolute Gasteiger partial charge is 0.257 e. The molecule has 1 aliphatic heterocycles. The molecule has 0 saturated carbocycles. The molecule has 2 N–H and O–H groups in total. The van der Waals surface area contributed by atoms with E-state index in [1.54, 1.807) is 6.07 Å². The van der Waals surface area contributed by atoms with E-state index in [0.717, 1.165) is 11.3 Å². The molecule has 5 heteroatoms. The zero-order valence-corrected chi connectivity index (χ0v) is 14.7. The Labute approximate surface area is 144 Å². The number of nitrogens with zero attached hydrogens (tertiary/aromatic N) is 1. The molecule has 0 fully saturated rings. The van der Waals surface area contributed by atoms with Crippen LogP contribution in [-0.4, -0.2) is 22.5 Å². The van der Waals surface area contributed by atoms with Gasteiger partial charge in [-0.15, -0.1) is 0 Å². The van der Waals surface area contributed by atoms with Gasteiger partial charge < -0.3 is 15.3 Å². The molecule has 1 amide bonds. The zero-order valence-electron chi connectivity index (χ0n) is 13.1. The van der Waals surface area contributed by atoms with Crippen molar-refractivity contribution >= 4 is 27.5 Å². The summed E-state index contributed by atoms with van der Waals surface area (Å²) in [6.07, 6.45) is -0.253. The Hall–Kier alpha value is -2.01. The van der Waals surface area contributed by atoms with Crippen LogP contribution in [0.15, 0.2) is 46.9 Å². The first kappa shape index (κ1) is 15.9. The molecular formula is C18H19BrN2O2. The molecule has 1 unspecified atom stereocenters. The van der Waals surface area contributed by atoms with Gasteiger partial charge in [0.15, 0.2) is 0 Å². The van der Waals surface area contributed by atoms with E-state index in [9.17, 15) is 9.90 Å². The van der Waals surface area contributed by atoms with Gasteiger partial charge in [-0.2, -0.15) is 0 Å². The number of phenols is 1. The van der Waals surface area contributed by atoms with Crippen LogP contribution in [0, 0.1) is 5.92 Å². The SMILES string of the molecule is CC(C)CN1C(=O)c2ccccc2NC1c1ccc(O)c(Br)c1. The maximum absolute atomic E-state index is 12.9. The Kier molecular flexibility index (Phi) is 4.31. The van der Waals surface area contributed by atoms with Gasteiger partial charge in [0.1, 0.15) is 11.9 Å². The lowest BCUT2D eigenvalue weighted by molar-refractivity contribution is 0.0658. The van der Waals surface area contributed by atoms with Gasteiger partial charge in [0.25, 0.3) is 5.91 Å². The van der Waals surface area contributed by atoms with Gasteiger partial charge in [-0.05, 0) is 51.7 Å². The number of amides is 1. The average molecular weight is 375 g/mol. The van der Waals surface area contributed by atoms with Crippen molar-refractivity contribution in [2.24, 2.45) is 5.92 Å². The van der Waals surface area contributed by atoms with Gasteiger partial charge in [0.2, 0.25) is 0 Å². The van der Waals surface area contributed by atoms with Crippen LogP contribution in [-0.2, 0) is 0 Å². The first-order valence-electron chi connectivity index (χ1n) is 7.62. The molecule has 1 atom stereocenters. The van der Waals surface area contributed by atoms with Crippen molar-refractivity contribution in [3.8, 4) is 5.75 Å². The van der Waals surface area contributed by atoms with Crippen molar-refractivity contribution in [2.75, 3.05) is 11.9 Å². The Morgan fingerprint density at radius 1 is 1.26 bits per heavy atom. The predicted octanol–water partition coefficient (Wildman–Crippen LogP) is 4.38. The molecule has 0 spiro atoms. The van der Waals surface area contributed by atoms with E-state index < -0.39 is 0 Å². The number of hydrogen-bond donors (Lipinski definition) is 2. The molecular weight excluding hydrogens is 356 g/mol. The first-order chi connectivity index (χ1) is 11.0. The third kappa shape index (κ3) is 3.06. The number of carbonyl (C=O) groups is 1. The molecule has 0 saturated heterocycles.